The third kappa shape index (κ3) is 5.48. The molecule has 0 saturated carbocycles. The lowest BCUT2D eigenvalue weighted by molar-refractivity contribution is 0.669. The number of benzene rings is 9. The van der Waals surface area contributed by atoms with Crippen molar-refractivity contribution in [1.82, 2.24) is 0 Å². The Labute approximate surface area is 322 Å². The lowest BCUT2D eigenvalue weighted by atomic mass is 9.97. The summed E-state index contributed by atoms with van der Waals surface area (Å²) < 4.78 is 8.81. The van der Waals surface area contributed by atoms with E-state index >= 15 is 0 Å². The Balaban J connectivity index is 0.992. The minimum atomic E-state index is 0.906. The highest BCUT2D eigenvalue weighted by molar-refractivity contribution is 7.25. The van der Waals surface area contributed by atoms with E-state index in [1.165, 1.54) is 58.8 Å². The summed E-state index contributed by atoms with van der Waals surface area (Å²) in [4.78, 5) is 2.37. The van der Waals surface area contributed by atoms with E-state index in [2.05, 4.69) is 193 Å². The molecule has 11 aromatic rings. The van der Waals surface area contributed by atoms with Gasteiger partial charge in [-0.25, -0.2) is 0 Å². The second-order valence-corrected chi connectivity index (χ2v) is 15.2. The highest BCUT2D eigenvalue weighted by atomic mass is 32.1. The fourth-order valence-electron chi connectivity index (χ4n) is 8.16. The van der Waals surface area contributed by atoms with Crippen molar-refractivity contribution < 1.29 is 4.42 Å². The van der Waals surface area contributed by atoms with Gasteiger partial charge in [0.1, 0.15) is 11.2 Å². The molecule has 0 aliphatic rings. The zero-order chi connectivity index (χ0) is 36.3. The maximum Gasteiger partial charge on any atom is 0.136 e. The predicted molar refractivity (Wildman–Crippen MR) is 235 cm³/mol. The SMILES string of the molecule is c1cc(-c2ccc(N(c3ccc(-c4cccc5oc6ccccc6c45)cc3)c3ccc4c(c3)sc3ccccc34)cc2)cc(-c2ccc3ccccc3c2)c1. The van der Waals surface area contributed by atoms with Gasteiger partial charge in [-0.1, -0.05) is 133 Å². The molecule has 0 N–H and O–H groups in total. The molecule has 0 aliphatic heterocycles. The van der Waals surface area contributed by atoms with Crippen LogP contribution in [-0.4, -0.2) is 0 Å². The van der Waals surface area contributed by atoms with E-state index in [0.29, 0.717) is 0 Å². The van der Waals surface area contributed by atoms with Gasteiger partial charge in [-0.3, -0.25) is 0 Å². The van der Waals surface area contributed by atoms with E-state index < -0.39 is 0 Å². The van der Waals surface area contributed by atoms with Crippen LogP contribution in [0.4, 0.5) is 17.1 Å². The van der Waals surface area contributed by atoms with Crippen LogP contribution in [0.25, 0.3) is 86.3 Å². The van der Waals surface area contributed by atoms with Crippen molar-refractivity contribution >= 4 is 81.3 Å². The lowest BCUT2D eigenvalue weighted by Gasteiger charge is -2.26. The van der Waals surface area contributed by atoms with Crippen LogP contribution in [0.3, 0.4) is 0 Å². The number of para-hydroxylation sites is 1. The fraction of sp³-hybridized carbons (Fsp3) is 0. The van der Waals surface area contributed by atoms with Crippen molar-refractivity contribution in [3.8, 4) is 33.4 Å². The van der Waals surface area contributed by atoms with Crippen LogP contribution in [0.2, 0.25) is 0 Å². The van der Waals surface area contributed by atoms with Gasteiger partial charge in [0, 0.05) is 48.0 Å². The van der Waals surface area contributed by atoms with Crippen LogP contribution in [0.1, 0.15) is 0 Å². The molecular formula is C52H33NOS. The predicted octanol–water partition coefficient (Wildman–Crippen LogP) is 15.6. The Morgan fingerprint density at radius 3 is 1.78 bits per heavy atom. The second kappa shape index (κ2) is 12.9. The highest BCUT2D eigenvalue weighted by Crippen LogP contribution is 2.43. The Morgan fingerprint density at radius 2 is 0.945 bits per heavy atom. The van der Waals surface area contributed by atoms with Gasteiger partial charge in [-0.2, -0.15) is 0 Å². The largest absolute Gasteiger partial charge is 0.456 e. The van der Waals surface area contributed by atoms with Gasteiger partial charge in [0.15, 0.2) is 0 Å². The van der Waals surface area contributed by atoms with Gasteiger partial charge in [-0.05, 0) is 111 Å². The summed E-state index contributed by atoms with van der Waals surface area (Å²) in [5.41, 5.74) is 12.3. The molecule has 2 heterocycles. The minimum absolute atomic E-state index is 0.906. The molecule has 258 valence electrons. The van der Waals surface area contributed by atoms with Crippen molar-refractivity contribution in [2.75, 3.05) is 4.90 Å². The minimum Gasteiger partial charge on any atom is -0.456 e. The van der Waals surface area contributed by atoms with Gasteiger partial charge in [0.25, 0.3) is 0 Å². The molecule has 0 unspecified atom stereocenters. The first-order valence-corrected chi connectivity index (χ1v) is 19.5. The van der Waals surface area contributed by atoms with Crippen LogP contribution in [0, 0.1) is 0 Å². The maximum atomic E-state index is 6.23. The van der Waals surface area contributed by atoms with Crippen LogP contribution in [0.5, 0.6) is 0 Å². The summed E-state index contributed by atoms with van der Waals surface area (Å²) in [5, 5.41) is 7.40. The lowest BCUT2D eigenvalue weighted by Crippen LogP contribution is -2.09. The van der Waals surface area contributed by atoms with E-state index in [1.807, 2.05) is 23.5 Å². The number of hydrogen-bond donors (Lipinski definition) is 0. The molecule has 2 aromatic heterocycles. The Morgan fingerprint density at radius 1 is 0.345 bits per heavy atom. The summed E-state index contributed by atoms with van der Waals surface area (Å²) in [5.74, 6) is 0. The summed E-state index contributed by atoms with van der Waals surface area (Å²) >= 11 is 1.85. The first-order chi connectivity index (χ1) is 27.2. The number of anilines is 3. The van der Waals surface area contributed by atoms with E-state index in [9.17, 15) is 0 Å². The van der Waals surface area contributed by atoms with Crippen LogP contribution in [-0.2, 0) is 0 Å². The van der Waals surface area contributed by atoms with E-state index in [-0.39, 0.29) is 0 Å². The normalized spacial score (nSPS) is 11.6. The molecule has 0 atom stereocenters. The summed E-state index contributed by atoms with van der Waals surface area (Å²) in [6, 6.07) is 72.3. The second-order valence-electron chi connectivity index (χ2n) is 14.1. The Hall–Kier alpha value is -6.94. The summed E-state index contributed by atoms with van der Waals surface area (Å²) in [6.45, 7) is 0. The highest BCUT2D eigenvalue weighted by Gasteiger charge is 2.17. The Kier molecular flexibility index (Phi) is 7.39. The summed E-state index contributed by atoms with van der Waals surface area (Å²) in [6.07, 6.45) is 0. The fourth-order valence-corrected chi connectivity index (χ4v) is 9.30. The molecular weight excluding hydrogens is 687 g/mol. The summed E-state index contributed by atoms with van der Waals surface area (Å²) in [7, 11) is 0. The zero-order valence-electron chi connectivity index (χ0n) is 29.8. The van der Waals surface area contributed by atoms with Crippen LogP contribution >= 0.6 is 11.3 Å². The molecule has 2 nitrogen and oxygen atoms in total. The third-order valence-corrected chi connectivity index (χ3v) is 12.0. The van der Waals surface area contributed by atoms with Gasteiger partial charge < -0.3 is 9.32 Å². The van der Waals surface area contributed by atoms with Crippen molar-refractivity contribution in [1.29, 1.82) is 0 Å². The van der Waals surface area contributed by atoms with Crippen molar-refractivity contribution in [3.63, 3.8) is 0 Å². The van der Waals surface area contributed by atoms with Gasteiger partial charge >= 0.3 is 0 Å². The molecule has 0 radical (unpaired) electrons. The molecule has 11 rings (SSSR count). The number of fused-ring (bicyclic) bond motifs is 7. The zero-order valence-corrected chi connectivity index (χ0v) is 30.6. The first kappa shape index (κ1) is 31.6. The molecule has 0 bridgehead atoms. The average Bonchev–Trinajstić information content (AvgIpc) is 3.82. The van der Waals surface area contributed by atoms with E-state index in [1.54, 1.807) is 0 Å². The molecule has 0 fully saturated rings. The number of furan rings is 1. The molecule has 0 amide bonds. The third-order valence-electron chi connectivity index (χ3n) is 10.9. The van der Waals surface area contributed by atoms with E-state index in [0.717, 1.165) is 44.6 Å². The number of nitrogens with zero attached hydrogens (tertiary/aromatic N) is 1. The Bertz CT molecular complexity index is 3210. The molecule has 55 heavy (non-hydrogen) atoms. The monoisotopic (exact) mass is 719 g/mol. The van der Waals surface area contributed by atoms with Crippen molar-refractivity contribution in [2.24, 2.45) is 0 Å². The van der Waals surface area contributed by atoms with E-state index in [4.69, 9.17) is 4.42 Å². The average molecular weight is 720 g/mol. The molecule has 9 aromatic carbocycles. The molecule has 0 saturated heterocycles. The smallest absolute Gasteiger partial charge is 0.136 e. The van der Waals surface area contributed by atoms with Crippen LogP contribution < -0.4 is 4.90 Å². The van der Waals surface area contributed by atoms with Gasteiger partial charge in [0.05, 0.1) is 0 Å². The maximum absolute atomic E-state index is 6.23. The molecule has 3 heteroatoms. The van der Waals surface area contributed by atoms with Crippen molar-refractivity contribution in [2.45, 2.75) is 0 Å². The van der Waals surface area contributed by atoms with Crippen LogP contribution in [0.15, 0.2) is 205 Å². The first-order valence-electron chi connectivity index (χ1n) is 18.7. The molecule has 0 aliphatic carbocycles. The molecule has 0 spiro atoms. The number of hydrogen-bond acceptors (Lipinski definition) is 3. The standard InChI is InChI=1S/C52H33NOS/c1-2-10-37-32-40(20-19-34(37)9-1)39-12-7-11-38(31-39)35-21-25-41(26-22-35)53(43-29-30-46-45-13-4-6-18-50(45)55-51(46)33-43)42-27-23-36(24-28-42)44-15-8-17-49-52(44)47-14-3-5-16-48(47)54-49/h1-33H. The van der Waals surface area contributed by atoms with Gasteiger partial charge in [0.2, 0.25) is 0 Å². The number of thiophene rings is 1. The quantitative estimate of drug-likeness (QED) is 0.170. The topological polar surface area (TPSA) is 16.4 Å². The van der Waals surface area contributed by atoms with Gasteiger partial charge in [-0.15, -0.1) is 11.3 Å². The van der Waals surface area contributed by atoms with Crippen molar-refractivity contribution in [3.05, 3.63) is 200 Å². The number of rotatable bonds is 6.